The number of carbonyl (C=O) groups is 1. The normalized spacial score (nSPS) is 13.8. The van der Waals surface area contributed by atoms with Gasteiger partial charge >= 0.3 is 12.1 Å². The van der Waals surface area contributed by atoms with Crippen LogP contribution in [-0.2, 0) is 25.5 Å². The number of esters is 1. The fourth-order valence-electron chi connectivity index (χ4n) is 1.63. The number of carbonyl (C=O) groups excluding carboxylic acids is 1. The average molecular weight is 324 g/mol. The van der Waals surface area contributed by atoms with E-state index in [4.69, 9.17) is 4.74 Å². The van der Waals surface area contributed by atoms with Crippen LogP contribution in [0.4, 0.5) is 13.2 Å². The molecule has 0 saturated carbocycles. The first-order chi connectivity index (χ1) is 9.58. The Labute approximate surface area is 120 Å². The Morgan fingerprint density at radius 1 is 1.24 bits per heavy atom. The lowest BCUT2D eigenvalue weighted by Crippen LogP contribution is -2.23. The molecule has 1 aromatic rings. The van der Waals surface area contributed by atoms with Gasteiger partial charge in [-0.15, -0.1) is 0 Å². The summed E-state index contributed by atoms with van der Waals surface area (Å²) in [7, 11) is -3.85. The number of halogens is 3. The van der Waals surface area contributed by atoms with Gasteiger partial charge in [-0.2, -0.15) is 13.2 Å². The van der Waals surface area contributed by atoms with Gasteiger partial charge in [0.1, 0.15) is 0 Å². The third-order valence-electron chi connectivity index (χ3n) is 2.70. The number of ether oxygens (including phenoxy) is 1. The topological polar surface area (TPSA) is 60.4 Å². The maximum atomic E-state index is 12.4. The van der Waals surface area contributed by atoms with Crippen LogP contribution < -0.4 is 0 Å². The number of alkyl halides is 3. The number of rotatable bonds is 5. The van der Waals surface area contributed by atoms with Crippen molar-refractivity contribution in [2.75, 3.05) is 12.4 Å². The Bertz CT molecular complexity index is 591. The van der Waals surface area contributed by atoms with E-state index in [1.165, 1.54) is 6.92 Å². The summed E-state index contributed by atoms with van der Waals surface area (Å²) in [6.07, 6.45) is -4.53. The lowest BCUT2D eigenvalue weighted by atomic mass is 10.2. The summed E-state index contributed by atoms with van der Waals surface area (Å²) in [5.74, 6) is -2.07. The molecule has 0 saturated heterocycles. The lowest BCUT2D eigenvalue weighted by Gasteiger charge is -2.12. The lowest BCUT2D eigenvalue weighted by molar-refractivity contribution is -0.146. The summed E-state index contributed by atoms with van der Waals surface area (Å²) >= 11 is 0. The average Bonchev–Trinajstić information content (AvgIpc) is 2.37. The van der Waals surface area contributed by atoms with Gasteiger partial charge in [-0.05, 0) is 31.2 Å². The van der Waals surface area contributed by atoms with E-state index >= 15 is 0 Å². The van der Waals surface area contributed by atoms with E-state index in [1.54, 1.807) is 6.92 Å². The molecule has 0 spiro atoms. The highest BCUT2D eigenvalue weighted by Gasteiger charge is 2.31. The minimum Gasteiger partial charge on any atom is -0.466 e. The van der Waals surface area contributed by atoms with Crippen molar-refractivity contribution in [2.24, 2.45) is 5.92 Å². The third kappa shape index (κ3) is 4.73. The Kier molecular flexibility index (Phi) is 5.38. The molecule has 8 heteroatoms. The summed E-state index contributed by atoms with van der Waals surface area (Å²) in [6.45, 7) is 3.11. The molecular weight excluding hydrogens is 309 g/mol. The predicted octanol–water partition coefficient (Wildman–Crippen LogP) is 2.68. The molecule has 1 atom stereocenters. The van der Waals surface area contributed by atoms with E-state index in [-0.39, 0.29) is 11.5 Å². The molecule has 1 aromatic carbocycles. The van der Waals surface area contributed by atoms with E-state index < -0.39 is 39.2 Å². The third-order valence-corrected chi connectivity index (χ3v) is 4.63. The van der Waals surface area contributed by atoms with Crippen molar-refractivity contribution in [2.45, 2.75) is 24.9 Å². The predicted molar refractivity (Wildman–Crippen MR) is 69.3 cm³/mol. The van der Waals surface area contributed by atoms with Crippen molar-refractivity contribution in [3.8, 4) is 0 Å². The highest BCUT2D eigenvalue weighted by atomic mass is 32.2. The zero-order chi connectivity index (χ0) is 16.3. The van der Waals surface area contributed by atoms with Crippen LogP contribution in [0.2, 0.25) is 0 Å². The van der Waals surface area contributed by atoms with Gasteiger partial charge in [0.15, 0.2) is 9.84 Å². The number of hydrogen-bond donors (Lipinski definition) is 0. The van der Waals surface area contributed by atoms with Crippen LogP contribution in [0.15, 0.2) is 29.2 Å². The van der Waals surface area contributed by atoms with Crippen LogP contribution in [0.3, 0.4) is 0 Å². The van der Waals surface area contributed by atoms with Crippen LogP contribution in [-0.4, -0.2) is 26.7 Å². The molecule has 0 aliphatic carbocycles. The molecule has 0 bridgehead atoms. The van der Waals surface area contributed by atoms with E-state index in [0.717, 1.165) is 12.1 Å². The second-order valence-corrected chi connectivity index (χ2v) is 6.49. The van der Waals surface area contributed by atoms with Crippen LogP contribution >= 0.6 is 0 Å². The van der Waals surface area contributed by atoms with E-state index in [0.29, 0.717) is 12.1 Å². The van der Waals surface area contributed by atoms with Gasteiger partial charge in [-0.25, -0.2) is 8.42 Å². The molecule has 1 rings (SSSR count). The molecule has 0 radical (unpaired) electrons. The van der Waals surface area contributed by atoms with Gasteiger partial charge < -0.3 is 4.74 Å². The minimum absolute atomic E-state index is 0.128. The van der Waals surface area contributed by atoms with Crippen LogP contribution in [0, 0.1) is 5.92 Å². The fourth-order valence-corrected chi connectivity index (χ4v) is 3.17. The second kappa shape index (κ2) is 6.46. The summed E-state index contributed by atoms with van der Waals surface area (Å²) < 4.78 is 66.0. The first-order valence-corrected chi connectivity index (χ1v) is 7.80. The van der Waals surface area contributed by atoms with Crippen molar-refractivity contribution in [1.82, 2.24) is 0 Å². The number of benzene rings is 1. The van der Waals surface area contributed by atoms with Gasteiger partial charge in [0.25, 0.3) is 0 Å². The largest absolute Gasteiger partial charge is 0.466 e. The van der Waals surface area contributed by atoms with Crippen molar-refractivity contribution in [3.05, 3.63) is 29.8 Å². The Balaban J connectivity index is 2.91. The first-order valence-electron chi connectivity index (χ1n) is 6.14. The highest BCUT2D eigenvalue weighted by molar-refractivity contribution is 7.91. The molecule has 118 valence electrons. The first kappa shape index (κ1) is 17.5. The molecule has 0 heterocycles. The Morgan fingerprint density at radius 2 is 1.76 bits per heavy atom. The van der Waals surface area contributed by atoms with E-state index in [1.807, 2.05) is 0 Å². The monoisotopic (exact) mass is 324 g/mol. The molecule has 0 aliphatic heterocycles. The van der Waals surface area contributed by atoms with Crippen LogP contribution in [0.25, 0.3) is 0 Å². The zero-order valence-electron chi connectivity index (χ0n) is 11.5. The minimum atomic E-state index is -4.53. The molecule has 0 fully saturated rings. The Morgan fingerprint density at radius 3 is 2.19 bits per heavy atom. The zero-order valence-corrected chi connectivity index (χ0v) is 12.3. The fraction of sp³-hybridized carbons (Fsp3) is 0.462. The van der Waals surface area contributed by atoms with Crippen LogP contribution in [0.1, 0.15) is 19.4 Å². The van der Waals surface area contributed by atoms with Gasteiger partial charge in [0.05, 0.1) is 28.7 Å². The summed E-state index contributed by atoms with van der Waals surface area (Å²) in [5.41, 5.74) is -0.931. The smallest absolute Gasteiger partial charge is 0.416 e. The highest BCUT2D eigenvalue weighted by Crippen LogP contribution is 2.30. The second-order valence-electron chi connectivity index (χ2n) is 4.46. The summed E-state index contributed by atoms with van der Waals surface area (Å²) in [6, 6.07) is 3.16. The molecule has 21 heavy (non-hydrogen) atoms. The van der Waals surface area contributed by atoms with Gasteiger partial charge in [0.2, 0.25) is 0 Å². The molecule has 1 unspecified atom stereocenters. The molecule has 0 aliphatic rings. The molecule has 0 N–H and O–H groups in total. The van der Waals surface area contributed by atoms with Crippen LogP contribution in [0.5, 0.6) is 0 Å². The molecule has 0 aromatic heterocycles. The maximum Gasteiger partial charge on any atom is 0.416 e. The van der Waals surface area contributed by atoms with Gasteiger partial charge in [0, 0.05) is 0 Å². The standard InChI is InChI=1S/C13H15F3O4S/c1-3-20-12(17)9(2)8-21(18,19)11-6-4-10(5-7-11)13(14,15)16/h4-7,9H,3,8H2,1-2H3. The van der Waals surface area contributed by atoms with Crippen molar-refractivity contribution in [1.29, 1.82) is 0 Å². The van der Waals surface area contributed by atoms with Crippen molar-refractivity contribution in [3.63, 3.8) is 0 Å². The van der Waals surface area contributed by atoms with Crippen molar-refractivity contribution >= 4 is 15.8 Å². The van der Waals surface area contributed by atoms with Gasteiger partial charge in [-0.3, -0.25) is 4.79 Å². The van der Waals surface area contributed by atoms with E-state index in [9.17, 15) is 26.4 Å². The van der Waals surface area contributed by atoms with Gasteiger partial charge in [-0.1, -0.05) is 6.92 Å². The summed E-state index contributed by atoms with van der Waals surface area (Å²) in [5, 5.41) is 0. The number of hydrogen-bond acceptors (Lipinski definition) is 4. The Hall–Kier alpha value is -1.57. The van der Waals surface area contributed by atoms with Crippen molar-refractivity contribution < 1.29 is 31.1 Å². The quantitative estimate of drug-likeness (QED) is 0.781. The summed E-state index contributed by atoms with van der Waals surface area (Å²) in [4.78, 5) is 11.1. The molecule has 4 nitrogen and oxygen atoms in total. The molecule has 0 amide bonds. The van der Waals surface area contributed by atoms with E-state index in [2.05, 4.69) is 0 Å². The molecular formula is C13H15F3O4S. The maximum absolute atomic E-state index is 12.4. The SMILES string of the molecule is CCOC(=O)C(C)CS(=O)(=O)c1ccc(C(F)(F)F)cc1. The number of sulfone groups is 1.